The van der Waals surface area contributed by atoms with Gasteiger partial charge in [-0.3, -0.25) is 0 Å². The molecule has 0 radical (unpaired) electrons. The fourth-order valence-corrected chi connectivity index (χ4v) is 3.58. The second-order valence-electron chi connectivity index (χ2n) is 4.30. The molecule has 1 heterocycles. The lowest BCUT2D eigenvalue weighted by Crippen LogP contribution is -2.42. The van der Waals surface area contributed by atoms with Crippen LogP contribution in [0.25, 0.3) is 0 Å². The Balaban J connectivity index is 2.33. The van der Waals surface area contributed by atoms with Crippen molar-refractivity contribution in [3.05, 3.63) is 29.8 Å². The van der Waals surface area contributed by atoms with Gasteiger partial charge in [0.2, 0.25) is 10.0 Å². The molecule has 0 saturated carbocycles. The average Bonchev–Trinajstić information content (AvgIpc) is 2.39. The summed E-state index contributed by atoms with van der Waals surface area (Å²) < 4.78 is 25.9. The zero-order valence-electron chi connectivity index (χ0n) is 9.78. The molecule has 1 aromatic rings. The number of aliphatic hydroxyl groups excluding tert-OH is 1. The quantitative estimate of drug-likeness (QED) is 0.854. The van der Waals surface area contributed by atoms with E-state index >= 15 is 0 Å². The fraction of sp³-hybridized carbons (Fsp3) is 0.417. The molecule has 2 rings (SSSR count). The van der Waals surface area contributed by atoms with Gasteiger partial charge in [0.05, 0.1) is 22.6 Å². The number of piperidine rings is 1. The van der Waals surface area contributed by atoms with Gasteiger partial charge >= 0.3 is 0 Å². The number of nitriles is 1. The topological polar surface area (TPSA) is 81.4 Å². The monoisotopic (exact) mass is 266 g/mol. The first-order valence-electron chi connectivity index (χ1n) is 5.72. The Morgan fingerprint density at radius 3 is 2.89 bits per heavy atom. The number of sulfonamides is 1. The van der Waals surface area contributed by atoms with Gasteiger partial charge in [-0.25, -0.2) is 8.42 Å². The van der Waals surface area contributed by atoms with Crippen LogP contribution in [0, 0.1) is 11.3 Å². The maximum absolute atomic E-state index is 12.3. The molecule has 1 saturated heterocycles. The number of rotatable bonds is 2. The normalized spacial score (nSPS) is 21.4. The lowest BCUT2D eigenvalue weighted by atomic mass is 10.1. The second kappa shape index (κ2) is 5.06. The first-order chi connectivity index (χ1) is 8.54. The molecule has 1 aromatic carbocycles. The van der Waals surface area contributed by atoms with E-state index in [2.05, 4.69) is 0 Å². The van der Waals surface area contributed by atoms with E-state index in [0.29, 0.717) is 24.9 Å². The summed E-state index contributed by atoms with van der Waals surface area (Å²) in [5, 5.41) is 18.3. The third kappa shape index (κ3) is 2.53. The number of hydrogen-bond donors (Lipinski definition) is 1. The van der Waals surface area contributed by atoms with Crippen molar-refractivity contribution < 1.29 is 13.5 Å². The largest absolute Gasteiger partial charge is 0.392 e. The first-order valence-corrected chi connectivity index (χ1v) is 7.16. The van der Waals surface area contributed by atoms with Crippen LogP contribution in [-0.2, 0) is 10.0 Å². The van der Waals surface area contributed by atoms with Crippen molar-refractivity contribution in [2.24, 2.45) is 0 Å². The van der Waals surface area contributed by atoms with Crippen LogP contribution in [0.3, 0.4) is 0 Å². The number of benzene rings is 1. The zero-order chi connectivity index (χ0) is 13.2. The second-order valence-corrected chi connectivity index (χ2v) is 6.24. The first kappa shape index (κ1) is 13.0. The SMILES string of the molecule is N#Cc1cccc(S(=O)(=O)N2CCCC(O)C2)c1. The van der Waals surface area contributed by atoms with Crippen LogP contribution < -0.4 is 0 Å². The van der Waals surface area contributed by atoms with Crippen LogP contribution in [0.15, 0.2) is 29.2 Å². The Hall–Kier alpha value is -1.42. The van der Waals surface area contributed by atoms with Crippen molar-refractivity contribution in [3.8, 4) is 6.07 Å². The van der Waals surface area contributed by atoms with E-state index in [-0.39, 0.29) is 11.4 Å². The summed E-state index contributed by atoms with van der Waals surface area (Å²) >= 11 is 0. The average molecular weight is 266 g/mol. The minimum Gasteiger partial charge on any atom is -0.392 e. The van der Waals surface area contributed by atoms with E-state index in [1.807, 2.05) is 6.07 Å². The third-order valence-electron chi connectivity index (χ3n) is 2.96. The molecular formula is C12H14N2O3S. The van der Waals surface area contributed by atoms with Crippen LogP contribution in [0.1, 0.15) is 18.4 Å². The molecule has 1 atom stereocenters. The van der Waals surface area contributed by atoms with Crippen LogP contribution in [0.2, 0.25) is 0 Å². The van der Waals surface area contributed by atoms with Crippen LogP contribution >= 0.6 is 0 Å². The highest BCUT2D eigenvalue weighted by molar-refractivity contribution is 7.89. The molecule has 5 nitrogen and oxygen atoms in total. The van der Waals surface area contributed by atoms with Gasteiger partial charge in [0, 0.05) is 13.1 Å². The number of hydrogen-bond acceptors (Lipinski definition) is 4. The molecule has 1 aliphatic rings. The van der Waals surface area contributed by atoms with Crippen LogP contribution in [-0.4, -0.2) is 37.0 Å². The number of aliphatic hydroxyl groups is 1. The van der Waals surface area contributed by atoms with Crippen LogP contribution in [0.5, 0.6) is 0 Å². The molecular weight excluding hydrogens is 252 g/mol. The van der Waals surface area contributed by atoms with Crippen molar-refractivity contribution in [2.75, 3.05) is 13.1 Å². The predicted octanol–water partition coefficient (Wildman–Crippen LogP) is 0.704. The molecule has 18 heavy (non-hydrogen) atoms. The Morgan fingerprint density at radius 2 is 2.22 bits per heavy atom. The molecule has 1 unspecified atom stereocenters. The summed E-state index contributed by atoms with van der Waals surface area (Å²) in [5.74, 6) is 0. The van der Waals surface area contributed by atoms with Crippen molar-refractivity contribution >= 4 is 10.0 Å². The van der Waals surface area contributed by atoms with Crippen molar-refractivity contribution in [1.82, 2.24) is 4.31 Å². The van der Waals surface area contributed by atoms with Gasteiger partial charge < -0.3 is 5.11 Å². The molecule has 1 N–H and O–H groups in total. The van der Waals surface area contributed by atoms with Crippen molar-refractivity contribution in [1.29, 1.82) is 5.26 Å². The van der Waals surface area contributed by atoms with Gasteiger partial charge in [-0.05, 0) is 31.0 Å². The summed E-state index contributed by atoms with van der Waals surface area (Å²) in [4.78, 5) is 0.107. The number of β-amino-alcohol motifs (C(OH)–C–C–N with tert-alkyl or cyclic N) is 1. The van der Waals surface area contributed by atoms with Gasteiger partial charge in [-0.1, -0.05) is 6.07 Å². The molecule has 1 aliphatic heterocycles. The predicted molar refractivity (Wildman–Crippen MR) is 65.2 cm³/mol. The smallest absolute Gasteiger partial charge is 0.243 e. The highest BCUT2D eigenvalue weighted by atomic mass is 32.2. The summed E-state index contributed by atoms with van der Waals surface area (Å²) in [5.41, 5.74) is 0.314. The summed E-state index contributed by atoms with van der Waals surface area (Å²) in [6.07, 6.45) is 0.676. The van der Waals surface area contributed by atoms with Gasteiger partial charge in [-0.15, -0.1) is 0 Å². The fourth-order valence-electron chi connectivity index (χ4n) is 2.01. The zero-order valence-corrected chi connectivity index (χ0v) is 10.6. The van der Waals surface area contributed by atoms with E-state index in [1.54, 1.807) is 12.1 Å². The summed E-state index contributed by atoms with van der Waals surface area (Å²) in [6.45, 7) is 0.537. The van der Waals surface area contributed by atoms with Gasteiger partial charge in [0.1, 0.15) is 0 Å². The maximum Gasteiger partial charge on any atom is 0.243 e. The molecule has 1 fully saturated rings. The third-order valence-corrected chi connectivity index (χ3v) is 4.82. The van der Waals surface area contributed by atoms with Crippen LogP contribution in [0.4, 0.5) is 0 Å². The maximum atomic E-state index is 12.3. The van der Waals surface area contributed by atoms with Crippen molar-refractivity contribution in [2.45, 2.75) is 23.8 Å². The molecule has 0 spiro atoms. The highest BCUT2D eigenvalue weighted by Gasteiger charge is 2.29. The minimum atomic E-state index is -3.61. The van der Waals surface area contributed by atoms with Crippen molar-refractivity contribution in [3.63, 3.8) is 0 Å². The lowest BCUT2D eigenvalue weighted by molar-refractivity contribution is 0.108. The molecule has 0 aromatic heterocycles. The van der Waals surface area contributed by atoms with Gasteiger partial charge in [0.25, 0.3) is 0 Å². The Morgan fingerprint density at radius 1 is 1.44 bits per heavy atom. The molecule has 0 bridgehead atoms. The molecule has 6 heteroatoms. The highest BCUT2D eigenvalue weighted by Crippen LogP contribution is 2.21. The summed E-state index contributed by atoms with van der Waals surface area (Å²) in [6, 6.07) is 7.85. The van der Waals surface area contributed by atoms with E-state index in [9.17, 15) is 13.5 Å². The molecule has 0 aliphatic carbocycles. The van der Waals surface area contributed by atoms with Gasteiger partial charge in [-0.2, -0.15) is 9.57 Å². The van der Waals surface area contributed by atoms with Gasteiger partial charge in [0.15, 0.2) is 0 Å². The Bertz CT molecular complexity index is 577. The molecule has 0 amide bonds. The van der Waals surface area contributed by atoms with E-state index in [1.165, 1.54) is 16.4 Å². The molecule has 96 valence electrons. The lowest BCUT2D eigenvalue weighted by Gasteiger charge is -2.29. The Labute approximate surface area is 106 Å². The van der Waals surface area contributed by atoms with E-state index in [4.69, 9.17) is 5.26 Å². The van der Waals surface area contributed by atoms with E-state index in [0.717, 1.165) is 0 Å². The standard InChI is InChI=1S/C12H14N2O3S/c13-8-10-3-1-5-12(7-10)18(16,17)14-6-2-4-11(15)9-14/h1,3,5,7,11,15H,2,4,6,9H2. The van der Waals surface area contributed by atoms with E-state index < -0.39 is 16.1 Å². The summed E-state index contributed by atoms with van der Waals surface area (Å²) in [7, 11) is -3.61. The number of nitrogens with zero attached hydrogens (tertiary/aromatic N) is 2. The Kier molecular flexibility index (Phi) is 3.66. The minimum absolute atomic E-state index is 0.107.